The first-order chi connectivity index (χ1) is 14.4. The van der Waals surface area contributed by atoms with E-state index in [0.29, 0.717) is 38.2 Å². The van der Waals surface area contributed by atoms with Crippen molar-refractivity contribution in [3.8, 4) is 0 Å². The highest BCUT2D eigenvalue weighted by Crippen LogP contribution is 2.27. The maximum atomic E-state index is 13.4. The number of piperidine rings is 1. The summed E-state index contributed by atoms with van der Waals surface area (Å²) in [6, 6.07) is 8.64. The smallest absolute Gasteiger partial charge is 0.309 e. The quantitative estimate of drug-likeness (QED) is 0.616. The predicted octanol–water partition coefficient (Wildman–Crippen LogP) is 2.32. The van der Waals surface area contributed by atoms with Gasteiger partial charge in [0.05, 0.1) is 18.0 Å². The molecule has 1 saturated heterocycles. The number of carbonyl (C=O) groups excluding carboxylic acids is 2. The summed E-state index contributed by atoms with van der Waals surface area (Å²) in [6.45, 7) is 6.93. The van der Waals surface area contributed by atoms with Gasteiger partial charge in [0.25, 0.3) is 5.56 Å². The molecular formula is C22H26N4O4. The van der Waals surface area contributed by atoms with Gasteiger partial charge < -0.3 is 9.64 Å². The summed E-state index contributed by atoms with van der Waals surface area (Å²) >= 11 is 0. The molecule has 1 atom stereocenters. The molecule has 0 radical (unpaired) electrons. The van der Waals surface area contributed by atoms with Crippen LogP contribution in [-0.4, -0.2) is 50.7 Å². The molecule has 2 aromatic heterocycles. The number of nitrogens with zero attached hydrogens (tertiary/aromatic N) is 4. The van der Waals surface area contributed by atoms with Crippen LogP contribution in [0.2, 0.25) is 0 Å². The van der Waals surface area contributed by atoms with Gasteiger partial charge >= 0.3 is 5.97 Å². The van der Waals surface area contributed by atoms with Crippen LogP contribution in [0.25, 0.3) is 16.6 Å². The van der Waals surface area contributed by atoms with Crippen LogP contribution in [0.3, 0.4) is 0 Å². The molecule has 1 aromatic carbocycles. The molecule has 0 N–H and O–H groups in total. The summed E-state index contributed by atoms with van der Waals surface area (Å²) < 4.78 is 8.88. The van der Waals surface area contributed by atoms with E-state index in [1.54, 1.807) is 6.92 Å². The van der Waals surface area contributed by atoms with E-state index in [-0.39, 0.29) is 23.4 Å². The zero-order valence-corrected chi connectivity index (χ0v) is 17.5. The predicted molar refractivity (Wildman–Crippen MR) is 112 cm³/mol. The first kappa shape index (κ1) is 20.1. The van der Waals surface area contributed by atoms with Crippen molar-refractivity contribution in [2.75, 3.05) is 19.7 Å². The number of hydrogen-bond donors (Lipinski definition) is 0. The third-order valence-corrected chi connectivity index (χ3v) is 5.84. The van der Waals surface area contributed by atoms with E-state index in [0.717, 1.165) is 16.6 Å². The molecule has 3 heterocycles. The molecule has 3 aromatic rings. The zero-order valence-electron chi connectivity index (χ0n) is 17.5. The Morgan fingerprint density at radius 3 is 2.63 bits per heavy atom. The van der Waals surface area contributed by atoms with E-state index in [1.165, 1.54) is 6.07 Å². The van der Waals surface area contributed by atoms with Gasteiger partial charge in [-0.1, -0.05) is 12.1 Å². The Morgan fingerprint density at radius 1 is 1.23 bits per heavy atom. The first-order valence-corrected chi connectivity index (χ1v) is 10.4. The number of carbonyl (C=O) groups is 2. The second-order valence-corrected chi connectivity index (χ2v) is 7.76. The normalized spacial score (nSPS) is 16.2. The Balaban J connectivity index is 1.67. The number of amides is 1. The van der Waals surface area contributed by atoms with E-state index in [4.69, 9.17) is 4.74 Å². The van der Waals surface area contributed by atoms with Crippen LogP contribution in [0.15, 0.2) is 35.1 Å². The lowest BCUT2D eigenvalue weighted by molar-refractivity contribution is -0.151. The van der Waals surface area contributed by atoms with Crippen molar-refractivity contribution in [1.82, 2.24) is 19.1 Å². The largest absolute Gasteiger partial charge is 0.466 e. The monoisotopic (exact) mass is 410 g/mol. The minimum atomic E-state index is -0.491. The Kier molecular flexibility index (Phi) is 5.32. The highest BCUT2D eigenvalue weighted by molar-refractivity contribution is 5.94. The second kappa shape index (κ2) is 7.93. The molecule has 0 saturated carbocycles. The number of benzene rings is 1. The maximum absolute atomic E-state index is 13.4. The second-order valence-electron chi connectivity index (χ2n) is 7.76. The molecule has 0 aliphatic carbocycles. The van der Waals surface area contributed by atoms with Gasteiger partial charge in [0.15, 0.2) is 5.65 Å². The van der Waals surface area contributed by atoms with Crippen molar-refractivity contribution in [3.63, 3.8) is 0 Å². The van der Waals surface area contributed by atoms with Crippen LogP contribution in [0.4, 0.5) is 0 Å². The number of aromatic nitrogens is 3. The van der Waals surface area contributed by atoms with Crippen molar-refractivity contribution in [1.29, 1.82) is 0 Å². The van der Waals surface area contributed by atoms with Gasteiger partial charge in [0.2, 0.25) is 5.91 Å². The lowest BCUT2D eigenvalue weighted by atomic mass is 9.96. The summed E-state index contributed by atoms with van der Waals surface area (Å²) in [6.07, 6.45) is 1.22. The molecule has 4 rings (SSSR count). The molecule has 1 aliphatic heterocycles. The Hall–Kier alpha value is -3.16. The van der Waals surface area contributed by atoms with Gasteiger partial charge in [-0.15, -0.1) is 0 Å². The molecule has 1 unspecified atom stereocenters. The number of para-hydroxylation sites is 1. The molecular weight excluding hydrogens is 384 g/mol. The average Bonchev–Trinajstić information content (AvgIpc) is 3.08. The van der Waals surface area contributed by atoms with Crippen molar-refractivity contribution >= 4 is 28.4 Å². The highest BCUT2D eigenvalue weighted by atomic mass is 16.5. The lowest BCUT2D eigenvalue weighted by Gasteiger charge is -2.33. The van der Waals surface area contributed by atoms with Crippen molar-refractivity contribution in [2.45, 2.75) is 39.7 Å². The minimum Gasteiger partial charge on any atom is -0.466 e. The van der Waals surface area contributed by atoms with Gasteiger partial charge in [0.1, 0.15) is 6.04 Å². The third kappa shape index (κ3) is 3.36. The minimum absolute atomic E-state index is 0.0157. The number of aryl methyl sites for hydroxylation is 1. The number of likely N-dealkylation sites (tertiary alicyclic amines) is 1. The van der Waals surface area contributed by atoms with Crippen molar-refractivity contribution in [3.05, 3.63) is 46.4 Å². The highest BCUT2D eigenvalue weighted by Gasteiger charge is 2.32. The topological polar surface area (TPSA) is 85.9 Å². The van der Waals surface area contributed by atoms with Crippen LogP contribution in [0, 0.1) is 12.8 Å². The average molecular weight is 410 g/mol. The summed E-state index contributed by atoms with van der Waals surface area (Å²) in [5.74, 6) is -0.336. The first-order valence-electron chi connectivity index (χ1n) is 10.4. The molecule has 1 aliphatic rings. The maximum Gasteiger partial charge on any atom is 0.309 e. The fourth-order valence-corrected chi connectivity index (χ4v) is 4.35. The van der Waals surface area contributed by atoms with Crippen molar-refractivity contribution < 1.29 is 14.3 Å². The van der Waals surface area contributed by atoms with E-state index < -0.39 is 6.04 Å². The van der Waals surface area contributed by atoms with Crippen LogP contribution >= 0.6 is 0 Å². The van der Waals surface area contributed by atoms with E-state index in [1.807, 2.05) is 52.2 Å². The number of esters is 1. The van der Waals surface area contributed by atoms with E-state index in [2.05, 4.69) is 4.98 Å². The van der Waals surface area contributed by atoms with Gasteiger partial charge in [-0.05, 0) is 45.7 Å². The molecule has 0 spiro atoms. The molecule has 30 heavy (non-hydrogen) atoms. The summed E-state index contributed by atoms with van der Waals surface area (Å²) in [5.41, 5.74) is 1.83. The molecule has 8 nitrogen and oxygen atoms in total. The number of hydrogen-bond acceptors (Lipinski definition) is 5. The SMILES string of the molecule is CCOC(=O)C1CCN(C(=O)C(C)n2c3ccccc3c3nc(=O)cc(C)n32)CC1. The fraction of sp³-hybridized carbons (Fsp3) is 0.455. The van der Waals surface area contributed by atoms with E-state index >= 15 is 0 Å². The number of ether oxygens (including phenoxy) is 1. The third-order valence-electron chi connectivity index (χ3n) is 5.84. The summed E-state index contributed by atoms with van der Waals surface area (Å²) in [4.78, 5) is 43.3. The Bertz CT molecular complexity index is 1170. The zero-order chi connectivity index (χ0) is 21.4. The molecule has 158 valence electrons. The van der Waals surface area contributed by atoms with E-state index in [9.17, 15) is 14.4 Å². The van der Waals surface area contributed by atoms with Gasteiger partial charge in [0, 0.05) is 30.2 Å². The fourth-order valence-electron chi connectivity index (χ4n) is 4.35. The Labute approximate surface area is 174 Å². The van der Waals surface area contributed by atoms with Gasteiger partial charge in [-0.2, -0.15) is 4.98 Å². The van der Waals surface area contributed by atoms with Crippen LogP contribution < -0.4 is 5.56 Å². The summed E-state index contributed by atoms with van der Waals surface area (Å²) in [7, 11) is 0. The molecule has 1 fully saturated rings. The number of rotatable bonds is 4. The molecule has 8 heteroatoms. The molecule has 0 bridgehead atoms. The van der Waals surface area contributed by atoms with Gasteiger partial charge in [-0.3, -0.25) is 19.1 Å². The lowest BCUT2D eigenvalue weighted by Crippen LogP contribution is -2.43. The van der Waals surface area contributed by atoms with Crippen LogP contribution in [0.5, 0.6) is 0 Å². The van der Waals surface area contributed by atoms with Gasteiger partial charge in [-0.25, -0.2) is 4.52 Å². The number of fused-ring (bicyclic) bond motifs is 3. The van der Waals surface area contributed by atoms with Crippen LogP contribution in [-0.2, 0) is 14.3 Å². The Morgan fingerprint density at radius 2 is 1.93 bits per heavy atom. The van der Waals surface area contributed by atoms with Crippen molar-refractivity contribution in [2.24, 2.45) is 5.92 Å². The summed E-state index contributed by atoms with van der Waals surface area (Å²) in [5, 5.41) is 0.832. The van der Waals surface area contributed by atoms with Crippen LogP contribution in [0.1, 0.15) is 38.4 Å². The standard InChI is InChI=1S/C22H26N4O4/c1-4-30-22(29)16-9-11-24(12-10-16)21(28)15(3)26-18-8-6-5-7-17(18)20-23-19(27)13-14(2)25(20)26/h5-8,13,15-16H,4,9-12H2,1-3H3. The molecule has 1 amide bonds.